The van der Waals surface area contributed by atoms with Gasteiger partial charge in [-0.3, -0.25) is 4.79 Å². The van der Waals surface area contributed by atoms with Crippen molar-refractivity contribution in [1.29, 1.82) is 0 Å². The van der Waals surface area contributed by atoms with Crippen LogP contribution >= 0.6 is 0 Å². The van der Waals surface area contributed by atoms with Gasteiger partial charge in [0.25, 0.3) is 0 Å². The van der Waals surface area contributed by atoms with E-state index in [0.717, 1.165) is 81.6 Å². The van der Waals surface area contributed by atoms with Gasteiger partial charge in [-0.1, -0.05) is 142 Å². The van der Waals surface area contributed by atoms with Crippen molar-refractivity contribution < 1.29 is 60.2 Å². The summed E-state index contributed by atoms with van der Waals surface area (Å²) in [7, 11) is 0. The molecule has 5 aliphatic carbocycles. The van der Waals surface area contributed by atoms with Gasteiger partial charge in [-0.05, 0) is 90.2 Å². The van der Waals surface area contributed by atoms with Crippen LogP contribution in [0, 0.1) is 47.8 Å². The van der Waals surface area contributed by atoms with Gasteiger partial charge in [-0.2, -0.15) is 12.8 Å². The van der Waals surface area contributed by atoms with Crippen LogP contribution in [0.2, 0.25) is 0 Å². The Bertz CT molecular complexity index is 2140. The van der Waals surface area contributed by atoms with Crippen molar-refractivity contribution in [1.82, 2.24) is 14.7 Å². The number of Topliss-reactive ketones (excluding diaryl/α,β-unsaturated/α-hetero) is 1. The summed E-state index contributed by atoms with van der Waals surface area (Å²) >= 11 is 0. The Balaban J connectivity index is 0.000000151. The fourth-order valence-electron chi connectivity index (χ4n) is 13.2. The average Bonchev–Trinajstić information content (AvgIpc) is 3.94. The van der Waals surface area contributed by atoms with Crippen molar-refractivity contribution in [3.8, 4) is 0 Å². The van der Waals surface area contributed by atoms with Crippen molar-refractivity contribution in [3.05, 3.63) is 114 Å². The number of nitrogens with zero attached hydrogens (tertiary/aromatic N) is 3. The van der Waals surface area contributed by atoms with Crippen LogP contribution < -0.4 is 17.0 Å². The molecule has 1 N–H and O–H groups in total. The maximum absolute atomic E-state index is 12.4. The summed E-state index contributed by atoms with van der Waals surface area (Å²) in [5.41, 5.74) is 2.75. The smallest absolute Gasteiger partial charge is 1.00 e. The number of carbonyl (C=O) groups excluding carboxylic acids is 4. The number of amides is 3. The molecule has 2 unspecified atom stereocenters. The number of likely N-dealkylation sites (tertiary alicyclic amines) is 3. The van der Waals surface area contributed by atoms with Crippen LogP contribution in [0.3, 0.4) is 0 Å². The van der Waals surface area contributed by atoms with Crippen LogP contribution in [0.5, 0.6) is 0 Å². The summed E-state index contributed by atoms with van der Waals surface area (Å²) < 4.78 is 21.7. The number of aliphatic hydroxyl groups is 1. The molecule has 9 fully saturated rings. The van der Waals surface area contributed by atoms with Gasteiger partial charge >= 0.3 is 41.3 Å². The van der Waals surface area contributed by atoms with E-state index in [0.29, 0.717) is 93.0 Å². The zero-order valence-corrected chi connectivity index (χ0v) is 46.0. The van der Waals surface area contributed by atoms with E-state index in [1.807, 2.05) is 101 Å². The van der Waals surface area contributed by atoms with Crippen LogP contribution in [0.1, 0.15) is 126 Å². The molecule has 12 nitrogen and oxygen atoms in total. The molecular formula is C59H78BrMgN3O9. The van der Waals surface area contributed by atoms with Gasteiger partial charge in [-0.15, -0.1) is 0 Å². The van der Waals surface area contributed by atoms with Crippen molar-refractivity contribution in [2.75, 3.05) is 45.9 Å². The fourth-order valence-corrected chi connectivity index (χ4v) is 13.2. The maximum atomic E-state index is 12.4. The number of halogens is 1. The third kappa shape index (κ3) is 16.4. The first-order valence-corrected chi connectivity index (χ1v) is 27.1. The molecule has 3 amide bonds. The second kappa shape index (κ2) is 27.4. The molecule has 3 aromatic carbocycles. The molecule has 0 aromatic heterocycles. The molecule has 4 saturated heterocycles. The van der Waals surface area contributed by atoms with Crippen LogP contribution in [0.4, 0.5) is 14.4 Å². The second-order valence-corrected chi connectivity index (χ2v) is 22.5. The zero-order valence-electron chi connectivity index (χ0n) is 43.0. The first kappa shape index (κ1) is 57.0. The summed E-state index contributed by atoms with van der Waals surface area (Å²) in [5.74, 6) is 3.87. The minimum absolute atomic E-state index is 0. The first-order chi connectivity index (χ1) is 34.6. The Morgan fingerprint density at radius 2 is 0.904 bits per heavy atom. The summed E-state index contributed by atoms with van der Waals surface area (Å²) in [6.45, 7) is 6.43. The predicted octanol–water partition coefficient (Wildman–Crippen LogP) is 7.81. The predicted molar refractivity (Wildman–Crippen MR) is 276 cm³/mol. The van der Waals surface area contributed by atoms with E-state index < -0.39 is 5.60 Å². The Kier molecular flexibility index (Phi) is 21.4. The molecule has 392 valence electrons. The van der Waals surface area contributed by atoms with Gasteiger partial charge < -0.3 is 62.2 Å². The van der Waals surface area contributed by atoms with Gasteiger partial charge in [0.15, 0.2) is 0 Å². The Hall–Kier alpha value is -3.69. The van der Waals surface area contributed by atoms with E-state index in [-0.39, 0.29) is 63.9 Å². The number of hydrogen-bond donors (Lipinski definition) is 1. The zero-order chi connectivity index (χ0) is 49.0. The maximum Gasteiger partial charge on any atom is 2.00 e. The molecule has 73 heavy (non-hydrogen) atoms. The Labute approximate surface area is 460 Å². The number of fused-ring (bicyclic) bond motifs is 3. The second-order valence-electron chi connectivity index (χ2n) is 22.5. The Morgan fingerprint density at radius 3 is 1.25 bits per heavy atom. The molecule has 0 bridgehead atoms. The van der Waals surface area contributed by atoms with E-state index in [1.54, 1.807) is 4.90 Å². The van der Waals surface area contributed by atoms with Crippen LogP contribution in [0.25, 0.3) is 0 Å². The molecule has 4 aliphatic heterocycles. The molecule has 4 heterocycles. The van der Waals surface area contributed by atoms with Crippen LogP contribution in [-0.4, -0.2) is 124 Å². The Morgan fingerprint density at radius 1 is 0.548 bits per heavy atom. The largest absolute Gasteiger partial charge is 2.00 e. The van der Waals surface area contributed by atoms with Gasteiger partial charge in [-0.25, -0.2) is 14.4 Å². The first-order valence-electron chi connectivity index (χ1n) is 27.1. The van der Waals surface area contributed by atoms with E-state index in [9.17, 15) is 24.3 Å². The van der Waals surface area contributed by atoms with Crippen LogP contribution in [0.15, 0.2) is 91.0 Å². The third-order valence-electron chi connectivity index (χ3n) is 16.9. The molecule has 14 heteroatoms. The van der Waals surface area contributed by atoms with Gasteiger partial charge in [0, 0.05) is 52.1 Å². The van der Waals surface area contributed by atoms with E-state index in [1.165, 1.54) is 64.2 Å². The number of ketones is 1. The minimum atomic E-state index is -0.489. The van der Waals surface area contributed by atoms with Crippen molar-refractivity contribution >= 4 is 47.1 Å². The normalized spacial score (nSPS) is 29.3. The van der Waals surface area contributed by atoms with Gasteiger partial charge in [0.2, 0.25) is 0 Å². The summed E-state index contributed by atoms with van der Waals surface area (Å²) in [5, 5.41) is 11.1. The van der Waals surface area contributed by atoms with Gasteiger partial charge in [0.05, 0.1) is 17.8 Å². The summed E-state index contributed by atoms with van der Waals surface area (Å²) in [4.78, 5) is 53.2. The van der Waals surface area contributed by atoms with Crippen molar-refractivity contribution in [3.63, 3.8) is 0 Å². The van der Waals surface area contributed by atoms with E-state index >= 15 is 0 Å². The van der Waals surface area contributed by atoms with Crippen molar-refractivity contribution in [2.24, 2.45) is 41.4 Å². The SMILES string of the molecule is O=C(OCc1ccccc1)N1C[C@@H]2CC(O)(CC3CCCCC3)C[C@@H]2C1.O=C(OCc1ccccc1)N1C[C@@H]2CC3(CO3)C[C@@H]2C1.O=C1C[C@@H]2CN(C(=O)OCc3ccccc3)C[C@@H]2C1.[Br-].[CH-]1CCCCC1.[Mg+2]. The van der Waals surface area contributed by atoms with Crippen LogP contribution in [-0.2, 0) is 43.6 Å². The molecular weight excluding hydrogens is 999 g/mol. The molecule has 8 atom stereocenters. The number of epoxide rings is 1. The topological polar surface area (TPSA) is 138 Å². The third-order valence-corrected chi connectivity index (χ3v) is 16.9. The number of rotatable bonds is 8. The molecule has 1 spiro atoms. The number of benzene rings is 3. The average molecular weight is 1080 g/mol. The van der Waals surface area contributed by atoms with Crippen molar-refractivity contribution in [2.45, 2.75) is 140 Å². The van der Waals surface area contributed by atoms with E-state index in [4.69, 9.17) is 18.9 Å². The minimum Gasteiger partial charge on any atom is -1.00 e. The number of hydrogen-bond acceptors (Lipinski definition) is 9. The molecule has 12 rings (SSSR count). The quantitative estimate of drug-likeness (QED) is 0.104. The van der Waals surface area contributed by atoms with Gasteiger partial charge in [0.1, 0.15) is 25.6 Å². The molecule has 9 aliphatic rings. The molecule has 3 aromatic rings. The molecule has 0 radical (unpaired) electrons. The fraction of sp³-hybridized carbons (Fsp3) is 0.610. The number of ether oxygens (including phenoxy) is 4. The molecule has 5 saturated carbocycles. The van der Waals surface area contributed by atoms with E-state index in [2.05, 4.69) is 6.42 Å². The summed E-state index contributed by atoms with van der Waals surface area (Å²) in [6, 6.07) is 29.3. The monoisotopic (exact) mass is 1080 g/mol. The number of carbonyl (C=O) groups is 4. The standard InChI is InChI=1S/C22H31NO3.C16H19NO3.C15H17NO3.C6H11.BrH.Mg/c24-21(26-16-18-9-5-2-6-10-18)23-14-19-12-22(25,13-20(19)15-23)11-17-7-3-1-4-8-17;18-15(19-10-12-4-2-1-3-5-12)17-8-13-6-16(11-20-16)7-14(13)9-17;17-14-6-12-8-16(9-13(12)7-14)15(18)19-10-11-4-2-1-3-5-11;1-2-4-6-5-3-1;;/h2,5-6,9-10,17,19-20,25H,1,3-4,7-8,11-16H2;1-5,13-14H,6-11H2;1-5,12-13H,6-10H2;1H,2-6H2;1H;/q;;;-1;;+2/p-1/t19-,20+,22?;13-,14+,16?;12-,13+;;;. The summed E-state index contributed by atoms with van der Waals surface area (Å²) in [6.07, 6.45) is 21.7.